The van der Waals surface area contributed by atoms with Crippen molar-refractivity contribution in [2.24, 2.45) is 0 Å². The van der Waals surface area contributed by atoms with Crippen LogP contribution in [0.2, 0.25) is 0 Å². The summed E-state index contributed by atoms with van der Waals surface area (Å²) in [7, 11) is 0. The largest absolute Gasteiger partial charge is 0.352 e. The third-order valence-electron chi connectivity index (χ3n) is 4.45. The van der Waals surface area contributed by atoms with E-state index < -0.39 is 5.82 Å². The molecule has 2 fully saturated rings. The molecule has 0 atom stereocenters. The zero-order chi connectivity index (χ0) is 16.5. The molecule has 0 spiro atoms. The fourth-order valence-electron chi connectivity index (χ4n) is 2.87. The van der Waals surface area contributed by atoms with Gasteiger partial charge in [0.15, 0.2) is 5.82 Å². The molecule has 0 unspecified atom stereocenters. The van der Waals surface area contributed by atoms with Gasteiger partial charge in [0.05, 0.1) is 6.20 Å². The van der Waals surface area contributed by atoms with Crippen LogP contribution >= 0.6 is 0 Å². The molecule has 1 aliphatic heterocycles. The Morgan fingerprint density at radius 3 is 2.71 bits per heavy atom. The van der Waals surface area contributed by atoms with E-state index in [4.69, 9.17) is 0 Å². The van der Waals surface area contributed by atoms with Crippen LogP contribution in [0.15, 0.2) is 24.4 Å². The third kappa shape index (κ3) is 3.17. The first kappa shape index (κ1) is 14.9. The average Bonchev–Trinajstić information content (AvgIpc) is 3.34. The molecule has 2 amide bonds. The first-order valence-corrected chi connectivity index (χ1v) is 8.17. The van der Waals surface area contributed by atoms with Crippen LogP contribution in [0.1, 0.15) is 24.5 Å². The summed E-state index contributed by atoms with van der Waals surface area (Å²) in [5.41, 5.74) is 1.22. The molecule has 0 aromatic carbocycles. The van der Waals surface area contributed by atoms with Gasteiger partial charge in [0.25, 0.3) is 0 Å². The lowest BCUT2D eigenvalue weighted by molar-refractivity contribution is 0.208. The van der Waals surface area contributed by atoms with Gasteiger partial charge in [-0.2, -0.15) is 5.10 Å². The molecule has 8 heteroatoms. The van der Waals surface area contributed by atoms with Crippen molar-refractivity contribution in [1.29, 1.82) is 0 Å². The van der Waals surface area contributed by atoms with Crippen molar-refractivity contribution in [3.8, 4) is 0 Å². The smallest absolute Gasteiger partial charge is 0.323 e. The van der Waals surface area contributed by atoms with Crippen LogP contribution in [0, 0.1) is 5.82 Å². The number of rotatable bonds is 3. The van der Waals surface area contributed by atoms with Crippen LogP contribution in [0.3, 0.4) is 0 Å². The van der Waals surface area contributed by atoms with Crippen molar-refractivity contribution < 1.29 is 9.18 Å². The maximum Gasteiger partial charge on any atom is 0.323 e. The maximum atomic E-state index is 12.8. The van der Waals surface area contributed by atoms with Crippen LogP contribution < -0.4 is 10.2 Å². The Labute approximate surface area is 138 Å². The Kier molecular flexibility index (Phi) is 3.79. The third-order valence-corrected chi connectivity index (χ3v) is 4.45. The van der Waals surface area contributed by atoms with Gasteiger partial charge in [-0.1, -0.05) is 0 Å². The van der Waals surface area contributed by atoms with Crippen molar-refractivity contribution in [2.75, 3.05) is 36.4 Å². The number of H-pyrrole nitrogens is 1. The molecule has 0 radical (unpaired) electrons. The molecular formula is C16H19FN6O. The fraction of sp³-hybridized carbons (Fsp3) is 0.438. The highest BCUT2D eigenvalue weighted by Gasteiger charge is 2.27. The minimum absolute atomic E-state index is 0.213. The van der Waals surface area contributed by atoms with Gasteiger partial charge >= 0.3 is 6.03 Å². The van der Waals surface area contributed by atoms with E-state index in [0.29, 0.717) is 24.8 Å². The molecule has 7 nitrogen and oxygen atoms in total. The number of aromatic nitrogens is 3. The predicted octanol–water partition coefficient (Wildman–Crippen LogP) is 2.18. The molecule has 2 aliphatic rings. The topological polar surface area (TPSA) is 77.2 Å². The molecular weight excluding hydrogens is 311 g/mol. The first-order valence-electron chi connectivity index (χ1n) is 8.17. The first-order chi connectivity index (χ1) is 11.7. The van der Waals surface area contributed by atoms with Gasteiger partial charge in [0, 0.05) is 43.9 Å². The second-order valence-corrected chi connectivity index (χ2v) is 6.22. The minimum atomic E-state index is -0.425. The van der Waals surface area contributed by atoms with Gasteiger partial charge in [0.1, 0.15) is 11.6 Å². The minimum Gasteiger partial charge on any atom is -0.352 e. The molecule has 1 saturated carbocycles. The summed E-state index contributed by atoms with van der Waals surface area (Å²) in [6.07, 6.45) is 3.57. The Morgan fingerprint density at radius 2 is 2.04 bits per heavy atom. The van der Waals surface area contributed by atoms with Crippen molar-refractivity contribution >= 4 is 17.7 Å². The summed E-state index contributed by atoms with van der Waals surface area (Å²) in [4.78, 5) is 20.0. The summed E-state index contributed by atoms with van der Waals surface area (Å²) in [5.74, 6) is 1.54. The molecule has 3 heterocycles. The molecule has 126 valence electrons. The van der Waals surface area contributed by atoms with Gasteiger partial charge in [-0.3, -0.25) is 10.4 Å². The number of hydrogen-bond donors (Lipinski definition) is 2. The van der Waals surface area contributed by atoms with E-state index in [1.54, 1.807) is 4.90 Å². The van der Waals surface area contributed by atoms with Gasteiger partial charge in [0.2, 0.25) is 0 Å². The van der Waals surface area contributed by atoms with Crippen LogP contribution in [0.4, 0.5) is 20.8 Å². The van der Waals surface area contributed by atoms with Crippen LogP contribution in [0.5, 0.6) is 0 Å². The number of anilines is 2. The van der Waals surface area contributed by atoms with Crippen molar-refractivity contribution in [3.63, 3.8) is 0 Å². The van der Waals surface area contributed by atoms with Crippen LogP contribution in [-0.2, 0) is 0 Å². The van der Waals surface area contributed by atoms with E-state index in [9.17, 15) is 9.18 Å². The van der Waals surface area contributed by atoms with Gasteiger partial charge in [-0.05, 0) is 25.0 Å². The molecule has 1 aliphatic carbocycles. The van der Waals surface area contributed by atoms with E-state index >= 15 is 0 Å². The number of pyridine rings is 1. The molecule has 24 heavy (non-hydrogen) atoms. The molecule has 2 N–H and O–H groups in total. The highest BCUT2D eigenvalue weighted by Crippen LogP contribution is 2.39. The lowest BCUT2D eigenvalue weighted by atomic mass is 10.2. The summed E-state index contributed by atoms with van der Waals surface area (Å²) < 4.78 is 12.8. The molecule has 0 bridgehead atoms. The van der Waals surface area contributed by atoms with E-state index in [1.165, 1.54) is 30.7 Å². The molecule has 4 rings (SSSR count). The van der Waals surface area contributed by atoms with E-state index in [1.807, 2.05) is 0 Å². The summed E-state index contributed by atoms with van der Waals surface area (Å²) in [6, 6.07) is 4.63. The number of carbonyl (C=O) groups excluding carboxylic acids is 1. The SMILES string of the molecule is O=C(Nc1ccc(F)cn1)N1CCN(c2cc(C3CC3)[nH]n2)CC1. The lowest BCUT2D eigenvalue weighted by Gasteiger charge is -2.34. The van der Waals surface area contributed by atoms with E-state index in [2.05, 4.69) is 31.5 Å². The lowest BCUT2D eigenvalue weighted by Crippen LogP contribution is -2.50. The number of piperazine rings is 1. The number of nitrogens with one attached hydrogen (secondary N) is 2. The number of aromatic amines is 1. The Balaban J connectivity index is 1.31. The standard InChI is InChI=1S/C16H19FN6O/c17-12-3-4-14(18-10-12)19-16(24)23-7-5-22(6-8-23)15-9-13(20-21-15)11-1-2-11/h3-4,9-11H,1-2,5-8H2,(H,20,21)(H,18,19,24). The average molecular weight is 330 g/mol. The van der Waals surface area contributed by atoms with Gasteiger partial charge in [-0.25, -0.2) is 14.2 Å². The molecule has 2 aromatic heterocycles. The van der Waals surface area contributed by atoms with Gasteiger partial charge < -0.3 is 9.80 Å². The summed E-state index contributed by atoms with van der Waals surface area (Å²) in [6.45, 7) is 2.69. The monoisotopic (exact) mass is 330 g/mol. The van der Waals surface area contributed by atoms with Crippen LogP contribution in [-0.4, -0.2) is 52.3 Å². The molecule has 1 saturated heterocycles. The van der Waals surface area contributed by atoms with Crippen molar-refractivity contribution in [1.82, 2.24) is 20.1 Å². The zero-order valence-corrected chi connectivity index (χ0v) is 13.2. The second kappa shape index (κ2) is 6.10. The Hall–Kier alpha value is -2.64. The number of urea groups is 1. The maximum absolute atomic E-state index is 12.8. The predicted molar refractivity (Wildman–Crippen MR) is 87.6 cm³/mol. The number of amides is 2. The Bertz CT molecular complexity index is 718. The highest BCUT2D eigenvalue weighted by molar-refractivity contribution is 5.88. The number of halogens is 1. The van der Waals surface area contributed by atoms with E-state index in [0.717, 1.165) is 25.1 Å². The number of carbonyl (C=O) groups is 1. The zero-order valence-electron chi connectivity index (χ0n) is 13.2. The number of hydrogen-bond acceptors (Lipinski definition) is 4. The normalized spacial score (nSPS) is 17.9. The van der Waals surface area contributed by atoms with E-state index in [-0.39, 0.29) is 6.03 Å². The Morgan fingerprint density at radius 1 is 1.25 bits per heavy atom. The summed E-state index contributed by atoms with van der Waals surface area (Å²) >= 11 is 0. The number of nitrogens with zero attached hydrogens (tertiary/aromatic N) is 4. The van der Waals surface area contributed by atoms with Crippen molar-refractivity contribution in [3.05, 3.63) is 35.9 Å². The summed E-state index contributed by atoms with van der Waals surface area (Å²) in [5, 5.41) is 10.2. The highest BCUT2D eigenvalue weighted by atomic mass is 19.1. The second-order valence-electron chi connectivity index (χ2n) is 6.22. The van der Waals surface area contributed by atoms with Crippen molar-refractivity contribution in [2.45, 2.75) is 18.8 Å². The van der Waals surface area contributed by atoms with Crippen LogP contribution in [0.25, 0.3) is 0 Å². The van der Waals surface area contributed by atoms with Gasteiger partial charge in [-0.15, -0.1) is 0 Å². The quantitative estimate of drug-likeness (QED) is 0.904. The fourth-order valence-corrected chi connectivity index (χ4v) is 2.87. The molecule has 2 aromatic rings.